The third-order valence-corrected chi connectivity index (χ3v) is 7.35. The van der Waals surface area contributed by atoms with Crippen LogP contribution in [0.1, 0.15) is 54.4 Å². The second-order valence-corrected chi connectivity index (χ2v) is 9.76. The van der Waals surface area contributed by atoms with Crippen LogP contribution in [0.5, 0.6) is 0 Å². The molecule has 1 atom stereocenters. The number of benzene rings is 3. The van der Waals surface area contributed by atoms with E-state index in [9.17, 15) is 18.3 Å². The molecule has 0 spiro atoms. The minimum Gasteiger partial charge on any atom is -0.383 e. The quantitative estimate of drug-likeness (QED) is 0.340. The molecule has 1 saturated carbocycles. The number of rotatable bonds is 7. The van der Waals surface area contributed by atoms with Crippen molar-refractivity contribution < 1.29 is 18.3 Å². The summed E-state index contributed by atoms with van der Waals surface area (Å²) >= 11 is 0. The molecule has 3 aromatic rings. The van der Waals surface area contributed by atoms with Crippen LogP contribution in [0.4, 0.5) is 18.9 Å². The Morgan fingerprint density at radius 3 is 2.26 bits per heavy atom. The molecule has 0 saturated heterocycles. The first-order chi connectivity index (χ1) is 18.2. The van der Waals surface area contributed by atoms with Crippen molar-refractivity contribution in [1.82, 2.24) is 0 Å². The SMILES string of the molecule is C=C(Nc1ccc(C#N)c(C(F)(F)F)c1)C(O)(Cc1ccccc1-c1ccc(C#N)cc1)C1CCCCC1. The summed E-state index contributed by atoms with van der Waals surface area (Å²) in [6, 6.07) is 22.0. The molecule has 4 rings (SSSR count). The van der Waals surface area contributed by atoms with Gasteiger partial charge < -0.3 is 10.4 Å². The van der Waals surface area contributed by atoms with Crippen LogP contribution in [0.25, 0.3) is 11.1 Å². The Kier molecular flexibility index (Phi) is 7.90. The maximum atomic E-state index is 13.5. The van der Waals surface area contributed by atoms with Crippen LogP contribution in [0.3, 0.4) is 0 Å². The summed E-state index contributed by atoms with van der Waals surface area (Å²) in [6.45, 7) is 4.11. The van der Waals surface area contributed by atoms with Gasteiger partial charge in [0.15, 0.2) is 0 Å². The average molecular weight is 516 g/mol. The molecule has 0 aliphatic heterocycles. The van der Waals surface area contributed by atoms with Gasteiger partial charge in [0.05, 0.1) is 28.8 Å². The van der Waals surface area contributed by atoms with Gasteiger partial charge in [-0.05, 0) is 65.8 Å². The standard InChI is InChI=1S/C31H28F3N3O/c1-21(37-27-16-15-25(20-36)29(17-27)31(32,33)34)30(38,26-8-3-2-4-9-26)18-24-7-5-6-10-28(24)23-13-11-22(19-35)12-14-23/h5-7,10-17,26,37-38H,1-4,8-9,18H2. The molecule has 1 aliphatic carbocycles. The largest absolute Gasteiger partial charge is 0.417 e. The minimum atomic E-state index is -4.69. The fourth-order valence-corrected chi connectivity index (χ4v) is 5.28. The number of nitrogens with one attached hydrogen (secondary N) is 1. The van der Waals surface area contributed by atoms with Crippen molar-refractivity contribution in [2.24, 2.45) is 5.92 Å². The van der Waals surface area contributed by atoms with E-state index >= 15 is 0 Å². The molecule has 0 heterocycles. The topological polar surface area (TPSA) is 79.8 Å². The summed E-state index contributed by atoms with van der Waals surface area (Å²) in [5.41, 5.74) is 0.593. The summed E-state index contributed by atoms with van der Waals surface area (Å²) < 4.78 is 40.6. The van der Waals surface area contributed by atoms with Crippen molar-refractivity contribution in [2.75, 3.05) is 5.32 Å². The zero-order valence-corrected chi connectivity index (χ0v) is 20.9. The van der Waals surface area contributed by atoms with Crippen LogP contribution in [0, 0.1) is 28.6 Å². The van der Waals surface area contributed by atoms with Crippen molar-refractivity contribution in [3.63, 3.8) is 0 Å². The minimum absolute atomic E-state index is 0.107. The van der Waals surface area contributed by atoms with Crippen LogP contribution in [-0.2, 0) is 12.6 Å². The highest BCUT2D eigenvalue weighted by Gasteiger charge is 2.41. The maximum Gasteiger partial charge on any atom is 0.417 e. The van der Waals surface area contributed by atoms with Crippen molar-refractivity contribution in [2.45, 2.75) is 50.3 Å². The molecular weight excluding hydrogens is 487 g/mol. The van der Waals surface area contributed by atoms with Gasteiger partial charge in [-0.15, -0.1) is 0 Å². The lowest BCUT2D eigenvalue weighted by atomic mass is 9.72. The zero-order chi connectivity index (χ0) is 27.3. The first-order valence-electron chi connectivity index (χ1n) is 12.5. The van der Waals surface area contributed by atoms with Gasteiger partial charge in [0.25, 0.3) is 0 Å². The number of hydrogen-bond donors (Lipinski definition) is 2. The second kappa shape index (κ2) is 11.1. The Morgan fingerprint density at radius 1 is 0.947 bits per heavy atom. The fourth-order valence-electron chi connectivity index (χ4n) is 5.28. The molecule has 1 aliphatic rings. The third-order valence-electron chi connectivity index (χ3n) is 7.35. The number of anilines is 1. The van der Waals surface area contributed by atoms with Gasteiger partial charge in [-0.1, -0.05) is 62.2 Å². The molecule has 7 heteroatoms. The van der Waals surface area contributed by atoms with Crippen LogP contribution in [0.2, 0.25) is 0 Å². The number of nitriles is 2. The molecule has 3 aromatic carbocycles. The van der Waals surface area contributed by atoms with Crippen molar-refractivity contribution in [3.05, 3.63) is 101 Å². The monoisotopic (exact) mass is 515 g/mol. The predicted octanol–water partition coefficient (Wildman–Crippen LogP) is 7.60. The van der Waals surface area contributed by atoms with Crippen LogP contribution in [0.15, 0.2) is 79.0 Å². The predicted molar refractivity (Wildman–Crippen MR) is 141 cm³/mol. The van der Waals surface area contributed by atoms with E-state index in [2.05, 4.69) is 18.0 Å². The summed E-state index contributed by atoms with van der Waals surface area (Å²) in [5.74, 6) is -0.134. The van der Waals surface area contributed by atoms with Gasteiger partial charge in [0.1, 0.15) is 5.60 Å². The Bertz CT molecular complexity index is 1390. The molecule has 0 amide bonds. The second-order valence-electron chi connectivity index (χ2n) is 9.76. The summed E-state index contributed by atoms with van der Waals surface area (Å²) in [6.07, 6.45) is 0.0405. The third kappa shape index (κ3) is 5.74. The summed E-state index contributed by atoms with van der Waals surface area (Å²) in [5, 5.41) is 33.4. The normalized spacial score (nSPS) is 15.6. The number of aliphatic hydroxyl groups is 1. The molecule has 0 bridgehead atoms. The highest BCUT2D eigenvalue weighted by Crippen LogP contribution is 2.41. The number of halogens is 3. The average Bonchev–Trinajstić information content (AvgIpc) is 2.93. The lowest BCUT2D eigenvalue weighted by Gasteiger charge is -2.41. The Labute approximate surface area is 220 Å². The Balaban J connectivity index is 1.70. The molecule has 4 nitrogen and oxygen atoms in total. The molecule has 38 heavy (non-hydrogen) atoms. The van der Waals surface area contributed by atoms with Crippen LogP contribution >= 0.6 is 0 Å². The lowest BCUT2D eigenvalue weighted by Crippen LogP contribution is -2.45. The first-order valence-corrected chi connectivity index (χ1v) is 12.5. The lowest BCUT2D eigenvalue weighted by molar-refractivity contribution is -0.137. The van der Waals surface area contributed by atoms with Gasteiger partial charge in [-0.25, -0.2) is 0 Å². The van der Waals surface area contributed by atoms with E-state index in [0.29, 0.717) is 5.56 Å². The summed E-state index contributed by atoms with van der Waals surface area (Å²) in [7, 11) is 0. The van der Waals surface area contributed by atoms with E-state index in [1.165, 1.54) is 6.07 Å². The maximum absolute atomic E-state index is 13.5. The molecule has 194 valence electrons. The molecule has 0 aromatic heterocycles. The molecule has 2 N–H and O–H groups in total. The van der Waals surface area contributed by atoms with Crippen LogP contribution < -0.4 is 5.32 Å². The van der Waals surface area contributed by atoms with Gasteiger partial charge >= 0.3 is 6.18 Å². The van der Waals surface area contributed by atoms with E-state index in [0.717, 1.165) is 60.9 Å². The van der Waals surface area contributed by atoms with Crippen molar-refractivity contribution in [1.29, 1.82) is 10.5 Å². The molecular formula is C31H28F3N3O. The van der Waals surface area contributed by atoms with E-state index in [1.807, 2.05) is 36.4 Å². The molecule has 0 radical (unpaired) electrons. The number of hydrogen-bond acceptors (Lipinski definition) is 4. The molecule has 1 unspecified atom stereocenters. The van der Waals surface area contributed by atoms with E-state index in [1.54, 1.807) is 18.2 Å². The zero-order valence-electron chi connectivity index (χ0n) is 20.9. The van der Waals surface area contributed by atoms with Gasteiger partial charge in [0.2, 0.25) is 0 Å². The van der Waals surface area contributed by atoms with Crippen molar-refractivity contribution >= 4 is 5.69 Å². The van der Waals surface area contributed by atoms with Gasteiger partial charge in [0, 0.05) is 17.8 Å². The van der Waals surface area contributed by atoms with Gasteiger partial charge in [-0.3, -0.25) is 0 Å². The van der Waals surface area contributed by atoms with Crippen LogP contribution in [-0.4, -0.2) is 10.7 Å². The van der Waals surface area contributed by atoms with E-state index < -0.39 is 22.9 Å². The number of alkyl halides is 3. The van der Waals surface area contributed by atoms with Gasteiger partial charge in [-0.2, -0.15) is 23.7 Å². The van der Waals surface area contributed by atoms with E-state index in [4.69, 9.17) is 10.5 Å². The Morgan fingerprint density at radius 2 is 1.63 bits per heavy atom. The fraction of sp³-hybridized carbons (Fsp3) is 0.290. The number of nitrogens with zero attached hydrogens (tertiary/aromatic N) is 2. The first kappa shape index (κ1) is 27.0. The highest BCUT2D eigenvalue weighted by atomic mass is 19.4. The highest BCUT2D eigenvalue weighted by molar-refractivity contribution is 5.68. The summed E-state index contributed by atoms with van der Waals surface area (Å²) in [4.78, 5) is 0. The van der Waals surface area contributed by atoms with Crippen molar-refractivity contribution in [3.8, 4) is 23.3 Å². The smallest absolute Gasteiger partial charge is 0.383 e. The Hall–Kier alpha value is -4.07. The molecule has 1 fully saturated rings. The van der Waals surface area contributed by atoms with E-state index in [-0.39, 0.29) is 23.7 Å².